The van der Waals surface area contributed by atoms with Gasteiger partial charge in [-0.25, -0.2) is 0 Å². The molecule has 7 nitrogen and oxygen atoms in total. The van der Waals surface area contributed by atoms with E-state index in [1.54, 1.807) is 4.90 Å². The number of imide groups is 1. The van der Waals surface area contributed by atoms with E-state index >= 15 is 0 Å². The highest BCUT2D eigenvalue weighted by Crippen LogP contribution is 2.37. The summed E-state index contributed by atoms with van der Waals surface area (Å²) in [6.45, 7) is 4.81. The van der Waals surface area contributed by atoms with Gasteiger partial charge >= 0.3 is 0 Å². The second-order valence-corrected chi connectivity index (χ2v) is 8.33. The van der Waals surface area contributed by atoms with Crippen LogP contribution in [0.15, 0.2) is 18.2 Å². The summed E-state index contributed by atoms with van der Waals surface area (Å²) in [6, 6.07) is 5.48. The Labute approximate surface area is 158 Å². The van der Waals surface area contributed by atoms with Crippen molar-refractivity contribution in [2.45, 2.75) is 38.3 Å². The maximum atomic E-state index is 12.8. The van der Waals surface area contributed by atoms with Crippen LogP contribution in [0, 0.1) is 5.41 Å². The number of carbonyl (C=O) groups excluding carboxylic acids is 3. The molecule has 3 amide bonds. The predicted molar refractivity (Wildman–Crippen MR) is 99.2 cm³/mol. The van der Waals surface area contributed by atoms with Crippen molar-refractivity contribution < 1.29 is 14.4 Å². The van der Waals surface area contributed by atoms with E-state index < -0.39 is 6.04 Å². The van der Waals surface area contributed by atoms with Crippen LogP contribution < -0.4 is 15.5 Å². The maximum Gasteiger partial charge on any atom is 0.255 e. The Morgan fingerprint density at radius 3 is 2.52 bits per heavy atom. The van der Waals surface area contributed by atoms with Gasteiger partial charge in [-0.1, -0.05) is 0 Å². The van der Waals surface area contributed by atoms with Crippen LogP contribution in [0.3, 0.4) is 0 Å². The molecule has 1 spiro atoms. The molecule has 0 aliphatic carbocycles. The van der Waals surface area contributed by atoms with Crippen LogP contribution >= 0.6 is 0 Å². The first-order valence-corrected chi connectivity index (χ1v) is 9.78. The van der Waals surface area contributed by atoms with Gasteiger partial charge < -0.3 is 15.1 Å². The van der Waals surface area contributed by atoms with Crippen LogP contribution in [0.4, 0.5) is 5.69 Å². The minimum atomic E-state index is -0.549. The zero-order valence-corrected chi connectivity index (χ0v) is 15.3. The van der Waals surface area contributed by atoms with Gasteiger partial charge in [0.2, 0.25) is 11.8 Å². The van der Waals surface area contributed by atoms with Gasteiger partial charge in [-0.05, 0) is 48.4 Å². The molecule has 4 aliphatic heterocycles. The van der Waals surface area contributed by atoms with Crippen LogP contribution in [-0.4, -0.2) is 54.8 Å². The molecule has 4 heterocycles. The fourth-order valence-corrected chi connectivity index (χ4v) is 4.83. The van der Waals surface area contributed by atoms with Crippen molar-refractivity contribution >= 4 is 23.4 Å². The minimum Gasteiger partial charge on any atom is -0.371 e. The molecule has 1 aromatic rings. The Morgan fingerprint density at radius 2 is 1.85 bits per heavy atom. The number of carbonyl (C=O) groups is 3. The van der Waals surface area contributed by atoms with E-state index in [0.29, 0.717) is 23.9 Å². The fourth-order valence-electron chi connectivity index (χ4n) is 4.83. The summed E-state index contributed by atoms with van der Waals surface area (Å²) in [5.41, 5.74) is 3.33. The molecule has 0 radical (unpaired) electrons. The van der Waals surface area contributed by atoms with E-state index in [9.17, 15) is 14.4 Å². The van der Waals surface area contributed by atoms with Crippen LogP contribution in [0.1, 0.15) is 41.6 Å². The standard InChI is InChI=1S/C20H24N4O3/c25-17-4-3-16(18(26)22-17)24-10-13-9-14(1-2-15(13)19(24)27)23-7-5-20(6-8-23)11-21-12-20/h1-2,9,16,21H,3-8,10-12H2,(H,22,25,26). The van der Waals surface area contributed by atoms with Crippen LogP contribution in [0.5, 0.6) is 0 Å². The van der Waals surface area contributed by atoms with Gasteiger partial charge in [0.15, 0.2) is 0 Å². The number of anilines is 1. The number of benzene rings is 1. The zero-order chi connectivity index (χ0) is 18.6. The average molecular weight is 368 g/mol. The molecule has 0 saturated carbocycles. The second kappa shape index (κ2) is 6.05. The molecule has 5 rings (SSSR count). The molecule has 3 fully saturated rings. The van der Waals surface area contributed by atoms with Crippen molar-refractivity contribution in [3.8, 4) is 0 Å². The first kappa shape index (κ1) is 16.7. The molecule has 1 unspecified atom stereocenters. The number of piperidine rings is 2. The van der Waals surface area contributed by atoms with E-state index in [1.807, 2.05) is 12.1 Å². The third-order valence-corrected chi connectivity index (χ3v) is 6.70. The van der Waals surface area contributed by atoms with E-state index in [1.165, 1.54) is 12.8 Å². The molecular weight excluding hydrogens is 344 g/mol. The Kier molecular flexibility index (Phi) is 3.75. The SMILES string of the molecule is O=C1CCC(N2Cc3cc(N4CCC5(CC4)CNC5)ccc3C2=O)C(=O)N1. The summed E-state index contributed by atoms with van der Waals surface area (Å²) in [5.74, 6) is -0.723. The Balaban J connectivity index is 1.32. The third kappa shape index (κ3) is 2.72. The summed E-state index contributed by atoms with van der Waals surface area (Å²) in [5, 5.41) is 5.74. The normalized spacial score (nSPS) is 26.8. The van der Waals surface area contributed by atoms with Gasteiger partial charge in [0.1, 0.15) is 6.04 Å². The number of amides is 3. The summed E-state index contributed by atoms with van der Waals surface area (Å²) < 4.78 is 0. The molecule has 0 bridgehead atoms. The maximum absolute atomic E-state index is 12.8. The van der Waals surface area contributed by atoms with Crippen molar-refractivity contribution in [1.29, 1.82) is 0 Å². The highest BCUT2D eigenvalue weighted by atomic mass is 16.2. The fraction of sp³-hybridized carbons (Fsp3) is 0.550. The second-order valence-electron chi connectivity index (χ2n) is 8.33. The summed E-state index contributed by atoms with van der Waals surface area (Å²) >= 11 is 0. The Bertz CT molecular complexity index is 823. The number of nitrogens with one attached hydrogen (secondary N) is 2. The van der Waals surface area contributed by atoms with Gasteiger partial charge in [0.25, 0.3) is 5.91 Å². The smallest absolute Gasteiger partial charge is 0.255 e. The summed E-state index contributed by atoms with van der Waals surface area (Å²) in [4.78, 5) is 40.3. The lowest BCUT2D eigenvalue weighted by Crippen LogP contribution is -2.58. The van der Waals surface area contributed by atoms with E-state index in [2.05, 4.69) is 21.6 Å². The summed E-state index contributed by atoms with van der Waals surface area (Å²) in [6.07, 6.45) is 3.10. The monoisotopic (exact) mass is 368 g/mol. The van der Waals surface area contributed by atoms with E-state index in [0.717, 1.165) is 37.4 Å². The molecule has 27 heavy (non-hydrogen) atoms. The van der Waals surface area contributed by atoms with Gasteiger partial charge in [-0.2, -0.15) is 0 Å². The Morgan fingerprint density at radius 1 is 1.07 bits per heavy atom. The van der Waals surface area contributed by atoms with Crippen molar-refractivity contribution in [1.82, 2.24) is 15.5 Å². The third-order valence-electron chi connectivity index (χ3n) is 6.70. The van der Waals surface area contributed by atoms with Crippen molar-refractivity contribution in [3.05, 3.63) is 29.3 Å². The highest BCUT2D eigenvalue weighted by molar-refractivity contribution is 6.05. The predicted octanol–water partition coefficient (Wildman–Crippen LogP) is 0.637. The van der Waals surface area contributed by atoms with Crippen molar-refractivity contribution in [3.63, 3.8) is 0 Å². The molecule has 0 aromatic heterocycles. The average Bonchev–Trinajstić information content (AvgIpc) is 2.96. The largest absolute Gasteiger partial charge is 0.371 e. The molecule has 4 aliphatic rings. The zero-order valence-electron chi connectivity index (χ0n) is 15.3. The topological polar surface area (TPSA) is 81.8 Å². The van der Waals surface area contributed by atoms with Crippen LogP contribution in [-0.2, 0) is 16.1 Å². The van der Waals surface area contributed by atoms with E-state index in [4.69, 9.17) is 0 Å². The molecule has 2 N–H and O–H groups in total. The summed E-state index contributed by atoms with van der Waals surface area (Å²) in [7, 11) is 0. The van der Waals surface area contributed by atoms with Gasteiger partial charge in [-0.3, -0.25) is 19.7 Å². The van der Waals surface area contributed by atoms with Crippen LogP contribution in [0.2, 0.25) is 0 Å². The first-order valence-electron chi connectivity index (χ1n) is 9.78. The van der Waals surface area contributed by atoms with Gasteiger partial charge in [-0.15, -0.1) is 0 Å². The molecule has 7 heteroatoms. The molecule has 1 atom stereocenters. The highest BCUT2D eigenvalue weighted by Gasteiger charge is 2.41. The lowest BCUT2D eigenvalue weighted by molar-refractivity contribution is -0.136. The van der Waals surface area contributed by atoms with Gasteiger partial charge in [0, 0.05) is 50.4 Å². The number of rotatable bonds is 2. The van der Waals surface area contributed by atoms with Crippen molar-refractivity contribution in [2.75, 3.05) is 31.1 Å². The number of nitrogens with zero attached hydrogens (tertiary/aromatic N) is 2. The molecule has 142 valence electrons. The molecular formula is C20H24N4O3. The lowest BCUT2D eigenvalue weighted by atomic mass is 9.73. The Hall–Kier alpha value is -2.41. The van der Waals surface area contributed by atoms with Crippen LogP contribution in [0.25, 0.3) is 0 Å². The minimum absolute atomic E-state index is 0.107. The quantitative estimate of drug-likeness (QED) is 0.749. The number of hydrogen-bond acceptors (Lipinski definition) is 5. The molecule has 3 saturated heterocycles. The molecule has 1 aromatic carbocycles. The van der Waals surface area contributed by atoms with E-state index in [-0.39, 0.29) is 24.1 Å². The first-order chi connectivity index (χ1) is 13.0. The number of fused-ring (bicyclic) bond motifs is 1. The lowest BCUT2D eigenvalue weighted by Gasteiger charge is -2.49. The number of hydrogen-bond donors (Lipinski definition) is 2. The van der Waals surface area contributed by atoms with Crippen molar-refractivity contribution in [2.24, 2.45) is 5.41 Å². The van der Waals surface area contributed by atoms with Gasteiger partial charge in [0.05, 0.1) is 0 Å².